The molecule has 1 aliphatic rings. The van der Waals surface area contributed by atoms with Crippen LogP contribution in [-0.2, 0) is 16.5 Å². The smallest absolute Gasteiger partial charge is 0.251 e. The lowest BCUT2D eigenvalue weighted by Crippen LogP contribution is -2.23. The number of methoxy groups -OCH3 is 1. The average molecular weight is 424 g/mol. The molecule has 2 heterocycles. The van der Waals surface area contributed by atoms with E-state index in [0.717, 1.165) is 59.8 Å². The molecule has 2 aromatic heterocycles. The van der Waals surface area contributed by atoms with Gasteiger partial charge in [-0.3, -0.25) is 4.79 Å². The third-order valence-electron chi connectivity index (χ3n) is 6.38. The summed E-state index contributed by atoms with van der Waals surface area (Å²) in [6.07, 6.45) is 11.1. The molecule has 0 aliphatic heterocycles. The van der Waals surface area contributed by atoms with Crippen LogP contribution in [0.15, 0.2) is 54.4 Å². The quantitative estimate of drug-likeness (QED) is 0.497. The maximum atomic E-state index is 12.6. The van der Waals surface area contributed by atoms with Gasteiger partial charge in [-0.05, 0) is 67.4 Å². The first-order valence-electron chi connectivity index (χ1n) is 11.0. The van der Waals surface area contributed by atoms with Crippen LogP contribution in [0.5, 0.6) is 0 Å². The Morgan fingerprint density at radius 1 is 1.23 bits per heavy atom. The maximum absolute atomic E-state index is 12.6. The zero-order valence-corrected chi connectivity index (χ0v) is 18.4. The lowest BCUT2D eigenvalue weighted by molar-refractivity contribution is -0.00711. The van der Waals surface area contributed by atoms with Crippen LogP contribution in [-0.4, -0.2) is 40.5 Å². The van der Waals surface area contributed by atoms with Crippen molar-refractivity contribution in [2.75, 3.05) is 20.3 Å². The topological polar surface area (TPSA) is 58.3 Å². The van der Waals surface area contributed by atoms with E-state index in [1.807, 2.05) is 29.9 Å². The zero-order valence-electron chi connectivity index (χ0n) is 18.4. The Hall–Kier alpha value is -2.70. The van der Waals surface area contributed by atoms with Gasteiger partial charge in [0.25, 0.3) is 5.56 Å². The number of aromatic nitrogens is 3. The number of hydrogen-bond acceptors (Lipinski definition) is 4. The molecule has 31 heavy (non-hydrogen) atoms. The predicted molar refractivity (Wildman–Crippen MR) is 126 cm³/mol. The second-order valence-electron chi connectivity index (χ2n) is 8.44. The monoisotopic (exact) mass is 423 g/mol. The van der Waals surface area contributed by atoms with E-state index in [4.69, 9.17) is 9.47 Å². The van der Waals surface area contributed by atoms with Crippen molar-refractivity contribution < 1.29 is 10.9 Å². The Morgan fingerprint density at radius 3 is 2.74 bits per heavy atom. The van der Waals surface area contributed by atoms with E-state index in [1.165, 1.54) is 0 Å². The molecule has 0 saturated heterocycles. The normalized spacial score (nSPS) is 19.0. The van der Waals surface area contributed by atoms with E-state index in [9.17, 15) is 4.79 Å². The summed E-state index contributed by atoms with van der Waals surface area (Å²) in [7, 11) is 3.52. The molecule has 1 fully saturated rings. The fourth-order valence-electron chi connectivity index (χ4n) is 4.57. The van der Waals surface area contributed by atoms with Crippen LogP contribution in [0.2, 0.25) is 0 Å². The number of imidazole rings is 1. The first-order chi connectivity index (χ1) is 15.1. The van der Waals surface area contributed by atoms with Crippen LogP contribution in [0.1, 0.15) is 39.1 Å². The Kier molecular flexibility index (Phi) is 6.68. The van der Waals surface area contributed by atoms with Crippen molar-refractivity contribution in [3.63, 3.8) is 0 Å². The summed E-state index contributed by atoms with van der Waals surface area (Å²) in [4.78, 5) is 16.8. The fourth-order valence-corrected chi connectivity index (χ4v) is 4.57. The fraction of sp³-hybridized carbons (Fsp3) is 0.440. The van der Waals surface area contributed by atoms with E-state index in [2.05, 4.69) is 17.6 Å². The van der Waals surface area contributed by atoms with E-state index >= 15 is 0 Å². The molecule has 1 saturated carbocycles. The lowest BCUT2D eigenvalue weighted by Gasteiger charge is -2.29. The van der Waals surface area contributed by atoms with E-state index < -0.39 is 0 Å². The van der Waals surface area contributed by atoms with Crippen molar-refractivity contribution in [1.82, 2.24) is 14.1 Å². The molecule has 1 aromatic carbocycles. The number of benzene rings is 1. The van der Waals surface area contributed by atoms with Crippen LogP contribution in [0.3, 0.4) is 0 Å². The Morgan fingerprint density at radius 2 is 2.03 bits per heavy atom. The number of fused-ring (bicyclic) bond motifs is 1. The lowest BCUT2D eigenvalue weighted by atomic mass is 9.82. The number of ether oxygens (including phenoxy) is 2. The molecule has 166 valence electrons. The second kappa shape index (κ2) is 9.62. The predicted octanol–water partition coefficient (Wildman–Crippen LogP) is 4.60. The van der Waals surface area contributed by atoms with E-state index in [-0.39, 0.29) is 6.99 Å². The van der Waals surface area contributed by atoms with E-state index in [0.29, 0.717) is 25.2 Å². The molecule has 0 bridgehead atoms. The zero-order chi connectivity index (χ0) is 21.8. The summed E-state index contributed by atoms with van der Waals surface area (Å²) < 4.78 is 14.6. The largest absolute Gasteiger partial charge is 0.382 e. The van der Waals surface area contributed by atoms with Crippen LogP contribution in [0, 0.1) is 5.92 Å². The van der Waals surface area contributed by atoms with Crippen molar-refractivity contribution in [2.24, 2.45) is 13.0 Å². The van der Waals surface area contributed by atoms with Gasteiger partial charge in [-0.1, -0.05) is 6.58 Å². The molecule has 0 unspecified atom stereocenters. The molecule has 0 N–H and O–H groups in total. The minimum absolute atomic E-state index is 0. The van der Waals surface area contributed by atoms with Gasteiger partial charge in [0.15, 0.2) is 0 Å². The van der Waals surface area contributed by atoms with Gasteiger partial charge in [0.1, 0.15) is 0 Å². The first-order valence-corrected chi connectivity index (χ1v) is 11.0. The summed E-state index contributed by atoms with van der Waals surface area (Å²) in [6.45, 7) is 5.71. The molecule has 6 heteroatoms. The van der Waals surface area contributed by atoms with Gasteiger partial charge in [0.2, 0.25) is 0 Å². The first kappa shape index (κ1) is 21.5. The van der Waals surface area contributed by atoms with Gasteiger partial charge in [-0.15, -0.1) is 0 Å². The van der Waals surface area contributed by atoms with Crippen molar-refractivity contribution in [1.29, 1.82) is 0 Å². The molecular weight excluding hydrogens is 390 g/mol. The summed E-state index contributed by atoms with van der Waals surface area (Å²) in [5.74, 6) is 0.575. The molecule has 0 atom stereocenters. The molecule has 0 radical (unpaired) electrons. The summed E-state index contributed by atoms with van der Waals surface area (Å²) in [6, 6.07) is 7.88. The highest BCUT2D eigenvalue weighted by Gasteiger charge is 2.23. The van der Waals surface area contributed by atoms with Crippen LogP contribution < -0.4 is 5.56 Å². The van der Waals surface area contributed by atoms with Gasteiger partial charge in [-0.2, -0.15) is 0 Å². The van der Waals surface area contributed by atoms with Crippen LogP contribution >= 0.6 is 0 Å². The molecule has 0 spiro atoms. The van der Waals surface area contributed by atoms with E-state index in [1.54, 1.807) is 30.3 Å². The van der Waals surface area contributed by atoms with Gasteiger partial charge >= 0.3 is 0 Å². The minimum Gasteiger partial charge on any atom is -0.382 e. The molecular formula is C25H33N3O3. The van der Waals surface area contributed by atoms with Crippen molar-refractivity contribution >= 4 is 16.5 Å². The average Bonchev–Trinajstić information content (AvgIpc) is 3.32. The number of pyridine rings is 1. The minimum atomic E-state index is -0.00529. The van der Waals surface area contributed by atoms with Gasteiger partial charge in [0, 0.05) is 45.1 Å². The van der Waals surface area contributed by atoms with Crippen molar-refractivity contribution in [3.05, 3.63) is 65.5 Å². The molecule has 4 rings (SSSR count). The summed E-state index contributed by atoms with van der Waals surface area (Å²) in [5, 5.41) is 1.05. The Balaban J connectivity index is 0.00000289. The third kappa shape index (κ3) is 4.81. The van der Waals surface area contributed by atoms with Crippen molar-refractivity contribution in [3.8, 4) is 5.69 Å². The highest BCUT2D eigenvalue weighted by atomic mass is 16.5. The number of allylic oxidation sites excluding steroid dienone is 1. The van der Waals surface area contributed by atoms with Gasteiger partial charge in [-0.25, -0.2) is 4.98 Å². The summed E-state index contributed by atoms with van der Waals surface area (Å²) in [5.41, 5.74) is 3.93. The maximum Gasteiger partial charge on any atom is 0.251 e. The number of nitrogens with zero attached hydrogens (tertiary/aromatic N) is 3. The van der Waals surface area contributed by atoms with Gasteiger partial charge < -0.3 is 18.6 Å². The molecule has 0 amide bonds. The third-order valence-corrected chi connectivity index (χ3v) is 6.38. The highest BCUT2D eigenvalue weighted by molar-refractivity contribution is 5.92. The van der Waals surface area contributed by atoms with Crippen molar-refractivity contribution in [2.45, 2.75) is 38.2 Å². The Labute approximate surface area is 184 Å². The number of aryl methyl sites for hydroxylation is 1. The van der Waals surface area contributed by atoms with Crippen LogP contribution in [0.4, 0.5) is 0 Å². The SMILES string of the molecule is C=C(CC1CCC(OCCOC)CC1)c1cc(=O)n(C)c2ccc(-n3ccnc3)cc12.[HH]. The molecule has 6 nitrogen and oxygen atoms in total. The highest BCUT2D eigenvalue weighted by Crippen LogP contribution is 2.35. The van der Waals surface area contributed by atoms with Gasteiger partial charge in [0.05, 0.1) is 31.2 Å². The molecule has 3 aromatic rings. The van der Waals surface area contributed by atoms with Crippen LogP contribution in [0.25, 0.3) is 22.2 Å². The molecule has 1 aliphatic carbocycles. The second-order valence-corrected chi connectivity index (χ2v) is 8.44. The number of hydrogen-bond donors (Lipinski definition) is 0. The summed E-state index contributed by atoms with van der Waals surface area (Å²) >= 11 is 0. The standard InChI is InChI=1S/C25H31N3O3.H2/c1-18(14-19-4-7-21(8-5-19)31-13-12-30-3)22-16-25(29)27(2)24-9-6-20(15-23(22)24)28-11-10-26-17-28;/h6,9-11,15-17,19,21H,1,4-5,7-8,12-14H2,2-3H3;1H. The Bertz CT molecular complexity index is 1100. The number of rotatable bonds is 8.